The van der Waals surface area contributed by atoms with Crippen LogP contribution in [0.25, 0.3) is 5.69 Å². The highest BCUT2D eigenvalue weighted by molar-refractivity contribution is 14.1. The maximum atomic E-state index is 5.96. The molecule has 0 saturated heterocycles. The molecule has 5 heteroatoms. The van der Waals surface area contributed by atoms with Crippen molar-refractivity contribution < 1.29 is 0 Å². The Morgan fingerprint density at radius 2 is 1.95 bits per heavy atom. The predicted octanol–water partition coefficient (Wildman–Crippen LogP) is 4.74. The Hall–Kier alpha value is -1.53. The van der Waals surface area contributed by atoms with Gasteiger partial charge in [0.25, 0.3) is 0 Å². The van der Waals surface area contributed by atoms with Gasteiger partial charge in [0.2, 0.25) is 0 Å². The van der Waals surface area contributed by atoms with Crippen LogP contribution in [-0.4, -0.2) is 9.78 Å². The molecule has 0 atom stereocenters. The molecule has 0 aliphatic heterocycles. The number of hydrogen-bond acceptors (Lipinski definition) is 2. The zero-order chi connectivity index (χ0) is 14.7. The molecule has 3 nitrogen and oxygen atoms in total. The van der Waals surface area contributed by atoms with Gasteiger partial charge in [0.05, 0.1) is 5.69 Å². The van der Waals surface area contributed by atoms with Gasteiger partial charge in [0.15, 0.2) is 0 Å². The minimum absolute atomic E-state index is 0.758. The first-order valence-electron chi connectivity index (χ1n) is 6.50. The normalized spacial score (nSPS) is 10.6. The monoisotopic (exact) mass is 409 g/mol. The number of nitrogens with zero attached hydrogens (tertiary/aromatic N) is 2. The average molecular weight is 410 g/mol. The summed E-state index contributed by atoms with van der Waals surface area (Å²) in [6.07, 6.45) is 3.71. The molecule has 0 fully saturated rings. The lowest BCUT2D eigenvalue weighted by atomic mass is 10.2. The molecule has 0 aliphatic carbocycles. The van der Waals surface area contributed by atoms with Crippen molar-refractivity contribution in [3.05, 3.63) is 75.1 Å². The Morgan fingerprint density at radius 1 is 1.14 bits per heavy atom. The van der Waals surface area contributed by atoms with E-state index in [1.807, 2.05) is 35.1 Å². The second-order valence-corrected chi connectivity index (χ2v) is 6.19. The molecule has 0 aliphatic rings. The van der Waals surface area contributed by atoms with E-state index in [0.717, 1.165) is 26.5 Å². The lowest BCUT2D eigenvalue weighted by molar-refractivity contribution is 0.879. The summed E-state index contributed by atoms with van der Waals surface area (Å²) in [5.74, 6) is 0. The van der Waals surface area contributed by atoms with Crippen molar-refractivity contribution in [2.24, 2.45) is 0 Å². The van der Waals surface area contributed by atoms with Crippen LogP contribution in [0.2, 0.25) is 5.02 Å². The van der Waals surface area contributed by atoms with Gasteiger partial charge < -0.3 is 5.32 Å². The number of benzene rings is 2. The summed E-state index contributed by atoms with van der Waals surface area (Å²) in [4.78, 5) is 0. The number of anilines is 1. The lowest BCUT2D eigenvalue weighted by Gasteiger charge is -2.09. The van der Waals surface area contributed by atoms with Gasteiger partial charge in [0, 0.05) is 33.2 Å². The molecule has 3 aromatic rings. The quantitative estimate of drug-likeness (QED) is 0.631. The molecular formula is C16H13ClIN3. The van der Waals surface area contributed by atoms with Crippen molar-refractivity contribution >= 4 is 39.9 Å². The van der Waals surface area contributed by atoms with E-state index in [1.54, 1.807) is 6.20 Å². The molecule has 21 heavy (non-hydrogen) atoms. The predicted molar refractivity (Wildman–Crippen MR) is 95.1 cm³/mol. The van der Waals surface area contributed by atoms with Crippen LogP contribution in [0.15, 0.2) is 60.9 Å². The van der Waals surface area contributed by atoms with Crippen molar-refractivity contribution in [1.29, 1.82) is 0 Å². The highest BCUT2D eigenvalue weighted by atomic mass is 127. The number of nitrogens with one attached hydrogen (secondary N) is 1. The number of aromatic nitrogens is 2. The minimum Gasteiger partial charge on any atom is -0.380 e. The van der Waals surface area contributed by atoms with Crippen molar-refractivity contribution in [3.8, 4) is 5.69 Å². The standard InChI is InChI=1S/C16H13ClIN3/c17-13-4-7-16(15(18)10-13)19-11-12-2-5-14(6-3-12)21-9-1-8-20-21/h1-10,19H,11H2. The molecule has 0 unspecified atom stereocenters. The van der Waals surface area contributed by atoms with Crippen molar-refractivity contribution in [1.82, 2.24) is 9.78 Å². The Bertz CT molecular complexity index is 724. The van der Waals surface area contributed by atoms with Crippen molar-refractivity contribution in [2.45, 2.75) is 6.54 Å². The number of rotatable bonds is 4. The fourth-order valence-corrected chi connectivity index (χ4v) is 3.08. The summed E-state index contributed by atoms with van der Waals surface area (Å²) in [6, 6.07) is 16.1. The highest BCUT2D eigenvalue weighted by Gasteiger charge is 2.01. The van der Waals surface area contributed by atoms with Gasteiger partial charge in [-0.1, -0.05) is 23.7 Å². The Kier molecular flexibility index (Phi) is 4.45. The maximum Gasteiger partial charge on any atom is 0.0645 e. The summed E-state index contributed by atoms with van der Waals surface area (Å²) in [6.45, 7) is 0.775. The third-order valence-electron chi connectivity index (χ3n) is 3.12. The van der Waals surface area contributed by atoms with Gasteiger partial charge >= 0.3 is 0 Å². The fourth-order valence-electron chi connectivity index (χ4n) is 2.02. The summed E-state index contributed by atoms with van der Waals surface area (Å²) in [5.41, 5.74) is 3.37. The molecule has 0 saturated carbocycles. The van der Waals surface area contributed by atoms with Gasteiger partial charge in [-0.3, -0.25) is 0 Å². The lowest BCUT2D eigenvalue weighted by Crippen LogP contribution is -2.01. The van der Waals surface area contributed by atoms with Crippen LogP contribution in [0.5, 0.6) is 0 Å². The molecule has 106 valence electrons. The molecule has 2 aromatic carbocycles. The van der Waals surface area contributed by atoms with E-state index >= 15 is 0 Å². The van der Waals surface area contributed by atoms with Gasteiger partial charge in [-0.15, -0.1) is 0 Å². The van der Waals surface area contributed by atoms with Gasteiger partial charge in [-0.2, -0.15) is 5.10 Å². The number of hydrogen-bond donors (Lipinski definition) is 1. The molecule has 1 aromatic heterocycles. The highest BCUT2D eigenvalue weighted by Crippen LogP contribution is 2.23. The molecular weight excluding hydrogens is 397 g/mol. The summed E-state index contributed by atoms with van der Waals surface area (Å²) >= 11 is 8.24. The van der Waals surface area contributed by atoms with Crippen LogP contribution in [0.1, 0.15) is 5.56 Å². The first-order valence-corrected chi connectivity index (χ1v) is 7.96. The Labute approximate surface area is 142 Å². The zero-order valence-electron chi connectivity index (χ0n) is 11.1. The van der Waals surface area contributed by atoms with Crippen LogP contribution in [0.3, 0.4) is 0 Å². The van der Waals surface area contributed by atoms with Crippen LogP contribution in [0, 0.1) is 3.57 Å². The van der Waals surface area contributed by atoms with Crippen LogP contribution < -0.4 is 5.32 Å². The van der Waals surface area contributed by atoms with E-state index in [9.17, 15) is 0 Å². The summed E-state index contributed by atoms with van der Waals surface area (Å²) < 4.78 is 2.97. The van der Waals surface area contributed by atoms with E-state index in [0.29, 0.717) is 0 Å². The van der Waals surface area contributed by atoms with E-state index in [4.69, 9.17) is 11.6 Å². The van der Waals surface area contributed by atoms with Gasteiger partial charge in [-0.05, 0) is 64.6 Å². The van der Waals surface area contributed by atoms with Crippen LogP contribution in [0.4, 0.5) is 5.69 Å². The molecule has 0 bridgehead atoms. The average Bonchev–Trinajstić information content (AvgIpc) is 3.01. The third-order valence-corrected chi connectivity index (χ3v) is 4.25. The van der Waals surface area contributed by atoms with E-state index in [1.165, 1.54) is 5.56 Å². The largest absolute Gasteiger partial charge is 0.380 e. The molecule has 0 amide bonds. The fraction of sp³-hybridized carbons (Fsp3) is 0.0625. The Morgan fingerprint density at radius 3 is 2.62 bits per heavy atom. The SMILES string of the molecule is Clc1ccc(NCc2ccc(-n3cccn3)cc2)c(I)c1. The van der Waals surface area contributed by atoms with Crippen molar-refractivity contribution in [2.75, 3.05) is 5.32 Å². The van der Waals surface area contributed by atoms with Crippen LogP contribution in [-0.2, 0) is 6.54 Å². The minimum atomic E-state index is 0.758. The first kappa shape index (κ1) is 14.4. The zero-order valence-corrected chi connectivity index (χ0v) is 14.0. The van der Waals surface area contributed by atoms with Gasteiger partial charge in [0.1, 0.15) is 0 Å². The second-order valence-electron chi connectivity index (χ2n) is 4.59. The molecule has 1 N–H and O–H groups in total. The molecule has 1 heterocycles. The smallest absolute Gasteiger partial charge is 0.0645 e. The molecule has 0 spiro atoms. The third kappa shape index (κ3) is 3.57. The van der Waals surface area contributed by atoms with E-state index in [-0.39, 0.29) is 0 Å². The van der Waals surface area contributed by atoms with Gasteiger partial charge in [-0.25, -0.2) is 4.68 Å². The second kappa shape index (κ2) is 6.49. The first-order chi connectivity index (χ1) is 10.2. The van der Waals surface area contributed by atoms with Crippen molar-refractivity contribution in [3.63, 3.8) is 0 Å². The Balaban J connectivity index is 1.68. The topological polar surface area (TPSA) is 29.9 Å². The summed E-state index contributed by atoms with van der Waals surface area (Å²) in [7, 11) is 0. The molecule has 0 radical (unpaired) electrons. The van der Waals surface area contributed by atoms with E-state index in [2.05, 4.69) is 57.3 Å². The molecule has 3 rings (SSSR count). The summed E-state index contributed by atoms with van der Waals surface area (Å²) in [5, 5.41) is 8.40. The van der Waals surface area contributed by atoms with E-state index < -0.39 is 0 Å². The number of halogens is 2. The maximum absolute atomic E-state index is 5.96. The van der Waals surface area contributed by atoms with Crippen LogP contribution >= 0.6 is 34.2 Å².